The third kappa shape index (κ3) is 4.19. The summed E-state index contributed by atoms with van der Waals surface area (Å²) in [6.45, 7) is 8.47. The summed E-state index contributed by atoms with van der Waals surface area (Å²) in [5.41, 5.74) is 0. The first kappa shape index (κ1) is 15.3. The van der Waals surface area contributed by atoms with Crippen LogP contribution in [0.2, 0.25) is 0 Å². The molecule has 0 radical (unpaired) electrons. The average Bonchev–Trinajstić information content (AvgIpc) is 2.64. The molecule has 0 aromatic heterocycles. The Morgan fingerprint density at radius 1 is 1.05 bits per heavy atom. The molecule has 1 saturated heterocycles. The van der Waals surface area contributed by atoms with Gasteiger partial charge >= 0.3 is 0 Å². The molecule has 2 heteroatoms. The summed E-state index contributed by atoms with van der Waals surface area (Å²) in [5, 5.41) is 3.99. The zero-order valence-corrected chi connectivity index (χ0v) is 13.5. The third-order valence-electron chi connectivity index (χ3n) is 5.69. The number of nitrogens with one attached hydrogen (secondary N) is 1. The minimum atomic E-state index is 0.709. The van der Waals surface area contributed by atoms with Gasteiger partial charge in [0.25, 0.3) is 0 Å². The van der Waals surface area contributed by atoms with Crippen molar-refractivity contribution in [3.8, 4) is 0 Å². The van der Waals surface area contributed by atoms with E-state index in [2.05, 4.69) is 38.0 Å². The maximum Gasteiger partial charge on any atom is 0.0122 e. The number of rotatable bonds is 3. The van der Waals surface area contributed by atoms with Gasteiger partial charge in [0.15, 0.2) is 0 Å². The van der Waals surface area contributed by atoms with Gasteiger partial charge in [0.05, 0.1) is 0 Å². The lowest BCUT2D eigenvalue weighted by molar-refractivity contribution is 0.110. The maximum absolute atomic E-state index is 3.99. The highest BCUT2D eigenvalue weighted by Gasteiger charge is 2.31. The standard InChI is InChI=1S/C17H34N2/c1-13-12-19(4)14(2)11-17(13)18-15(3)16-9-7-5-6-8-10-16/h13-18H,5-12H2,1-4H3/t13?,14?,15-,17?/m0/s1. The van der Waals surface area contributed by atoms with Crippen LogP contribution in [0.25, 0.3) is 0 Å². The van der Waals surface area contributed by atoms with E-state index in [1.807, 2.05) is 0 Å². The van der Waals surface area contributed by atoms with E-state index in [0.29, 0.717) is 6.04 Å². The van der Waals surface area contributed by atoms with Crippen molar-refractivity contribution >= 4 is 0 Å². The lowest BCUT2D eigenvalue weighted by atomic mass is 9.86. The fraction of sp³-hybridized carbons (Fsp3) is 1.00. The van der Waals surface area contributed by atoms with Crippen LogP contribution in [0.15, 0.2) is 0 Å². The summed E-state index contributed by atoms with van der Waals surface area (Å²) in [7, 11) is 2.27. The van der Waals surface area contributed by atoms with Gasteiger partial charge < -0.3 is 10.2 Å². The summed E-state index contributed by atoms with van der Waals surface area (Å²) in [6, 6.07) is 2.17. The van der Waals surface area contributed by atoms with Gasteiger partial charge in [-0.3, -0.25) is 0 Å². The lowest BCUT2D eigenvalue weighted by Crippen LogP contribution is -2.53. The van der Waals surface area contributed by atoms with Gasteiger partial charge in [-0.2, -0.15) is 0 Å². The van der Waals surface area contributed by atoms with E-state index in [-0.39, 0.29) is 0 Å². The molecule has 2 rings (SSSR count). The Morgan fingerprint density at radius 3 is 2.32 bits per heavy atom. The minimum Gasteiger partial charge on any atom is -0.311 e. The predicted octanol–water partition coefficient (Wildman–Crippen LogP) is 3.66. The molecular formula is C17H34N2. The van der Waals surface area contributed by atoms with E-state index in [4.69, 9.17) is 0 Å². The first-order valence-electron chi connectivity index (χ1n) is 8.54. The van der Waals surface area contributed by atoms with E-state index < -0.39 is 0 Å². The molecule has 1 aliphatic heterocycles. The van der Waals surface area contributed by atoms with Crippen LogP contribution >= 0.6 is 0 Å². The topological polar surface area (TPSA) is 15.3 Å². The molecule has 0 aromatic rings. The number of piperidine rings is 1. The summed E-state index contributed by atoms with van der Waals surface area (Å²) in [5.74, 6) is 1.71. The van der Waals surface area contributed by atoms with Gasteiger partial charge in [-0.1, -0.05) is 32.6 Å². The monoisotopic (exact) mass is 266 g/mol. The molecule has 2 fully saturated rings. The number of hydrogen-bond donors (Lipinski definition) is 1. The molecule has 19 heavy (non-hydrogen) atoms. The first-order chi connectivity index (χ1) is 9.08. The fourth-order valence-corrected chi connectivity index (χ4v) is 4.06. The zero-order valence-electron chi connectivity index (χ0n) is 13.5. The van der Waals surface area contributed by atoms with Gasteiger partial charge in [0.1, 0.15) is 0 Å². The van der Waals surface area contributed by atoms with Crippen LogP contribution < -0.4 is 5.32 Å². The summed E-state index contributed by atoms with van der Waals surface area (Å²) in [4.78, 5) is 2.51. The predicted molar refractivity (Wildman–Crippen MR) is 83.5 cm³/mol. The van der Waals surface area contributed by atoms with Crippen molar-refractivity contribution in [2.45, 2.75) is 83.8 Å². The highest BCUT2D eigenvalue weighted by molar-refractivity contribution is 4.89. The van der Waals surface area contributed by atoms with Crippen molar-refractivity contribution in [2.24, 2.45) is 11.8 Å². The Kier molecular flexibility index (Phi) is 5.70. The second kappa shape index (κ2) is 7.08. The number of likely N-dealkylation sites (tertiary alicyclic amines) is 1. The smallest absolute Gasteiger partial charge is 0.0122 e. The molecule has 0 amide bonds. The highest BCUT2D eigenvalue weighted by Crippen LogP contribution is 2.27. The average molecular weight is 266 g/mol. The Bertz CT molecular complexity index is 258. The van der Waals surface area contributed by atoms with Gasteiger partial charge in [-0.05, 0) is 52.0 Å². The van der Waals surface area contributed by atoms with Gasteiger partial charge in [-0.15, -0.1) is 0 Å². The van der Waals surface area contributed by atoms with Crippen molar-refractivity contribution in [3.63, 3.8) is 0 Å². The van der Waals surface area contributed by atoms with E-state index in [0.717, 1.165) is 23.9 Å². The molecule has 0 bridgehead atoms. The Labute approximate surface area is 120 Å². The third-order valence-corrected chi connectivity index (χ3v) is 5.69. The molecule has 0 spiro atoms. The highest BCUT2D eigenvalue weighted by atomic mass is 15.2. The molecule has 0 aromatic carbocycles. The van der Waals surface area contributed by atoms with Crippen LogP contribution in [0.1, 0.15) is 65.7 Å². The van der Waals surface area contributed by atoms with Gasteiger partial charge in [0.2, 0.25) is 0 Å². The number of hydrogen-bond acceptors (Lipinski definition) is 2. The van der Waals surface area contributed by atoms with Crippen LogP contribution in [0.3, 0.4) is 0 Å². The van der Waals surface area contributed by atoms with Crippen molar-refractivity contribution in [1.82, 2.24) is 10.2 Å². The number of nitrogens with zero attached hydrogens (tertiary/aromatic N) is 1. The van der Waals surface area contributed by atoms with E-state index in [1.165, 1.54) is 51.5 Å². The van der Waals surface area contributed by atoms with Crippen molar-refractivity contribution in [1.29, 1.82) is 0 Å². The van der Waals surface area contributed by atoms with Gasteiger partial charge in [-0.25, -0.2) is 0 Å². The molecule has 1 N–H and O–H groups in total. The largest absolute Gasteiger partial charge is 0.311 e. The molecule has 1 saturated carbocycles. The minimum absolute atomic E-state index is 0.709. The molecule has 4 atom stereocenters. The van der Waals surface area contributed by atoms with Crippen molar-refractivity contribution < 1.29 is 0 Å². The van der Waals surface area contributed by atoms with Crippen LogP contribution in [0, 0.1) is 11.8 Å². The Morgan fingerprint density at radius 2 is 1.68 bits per heavy atom. The Hall–Kier alpha value is -0.0800. The normalized spacial score (nSPS) is 36.9. The summed E-state index contributed by atoms with van der Waals surface area (Å²) < 4.78 is 0. The molecule has 112 valence electrons. The SMILES string of the molecule is CC1CN(C)C(C)CC1N[C@@H](C)C1CCCCCC1. The summed E-state index contributed by atoms with van der Waals surface area (Å²) >= 11 is 0. The Balaban J connectivity index is 1.85. The van der Waals surface area contributed by atoms with Gasteiger partial charge in [0, 0.05) is 24.7 Å². The van der Waals surface area contributed by atoms with Crippen LogP contribution in [-0.4, -0.2) is 36.6 Å². The van der Waals surface area contributed by atoms with Crippen molar-refractivity contribution in [2.75, 3.05) is 13.6 Å². The van der Waals surface area contributed by atoms with Crippen LogP contribution in [0.5, 0.6) is 0 Å². The van der Waals surface area contributed by atoms with Crippen LogP contribution in [0.4, 0.5) is 0 Å². The molecule has 2 nitrogen and oxygen atoms in total. The van der Waals surface area contributed by atoms with Crippen molar-refractivity contribution in [3.05, 3.63) is 0 Å². The fourth-order valence-electron chi connectivity index (χ4n) is 4.06. The quantitative estimate of drug-likeness (QED) is 0.784. The second-order valence-corrected chi connectivity index (χ2v) is 7.32. The molecule has 3 unspecified atom stereocenters. The summed E-state index contributed by atoms with van der Waals surface area (Å²) in [6.07, 6.45) is 10.0. The lowest BCUT2D eigenvalue weighted by Gasteiger charge is -2.42. The van der Waals surface area contributed by atoms with E-state index in [9.17, 15) is 0 Å². The molecular weight excluding hydrogens is 232 g/mol. The second-order valence-electron chi connectivity index (χ2n) is 7.32. The van der Waals surface area contributed by atoms with E-state index >= 15 is 0 Å². The zero-order chi connectivity index (χ0) is 13.8. The van der Waals surface area contributed by atoms with Crippen LogP contribution in [-0.2, 0) is 0 Å². The molecule has 1 heterocycles. The molecule has 1 aliphatic carbocycles. The van der Waals surface area contributed by atoms with E-state index in [1.54, 1.807) is 0 Å². The maximum atomic E-state index is 3.99. The molecule has 2 aliphatic rings. The first-order valence-corrected chi connectivity index (χ1v) is 8.54.